The number of hydrogen-bond donors (Lipinski definition) is 0. The van der Waals surface area contributed by atoms with Crippen molar-refractivity contribution in [3.8, 4) is 11.8 Å². The zero-order valence-electron chi connectivity index (χ0n) is 19.2. The van der Waals surface area contributed by atoms with Crippen LogP contribution < -0.4 is 4.74 Å². The number of ether oxygens (including phenoxy) is 1. The number of rotatable bonds is 5. The highest BCUT2D eigenvalue weighted by Crippen LogP contribution is 2.36. The van der Waals surface area contributed by atoms with Crippen LogP contribution in [0.3, 0.4) is 0 Å². The second-order valence-electron chi connectivity index (χ2n) is 8.82. The number of hydrogen-bond acceptors (Lipinski definition) is 5. The Kier molecular flexibility index (Phi) is 7.77. The van der Waals surface area contributed by atoms with Crippen LogP contribution in [0.4, 0.5) is 4.79 Å². The Balaban J connectivity index is 1.48. The minimum absolute atomic E-state index is 0.00384. The third-order valence-corrected chi connectivity index (χ3v) is 8.55. The minimum atomic E-state index is -3.27. The number of halogens is 2. The van der Waals surface area contributed by atoms with Gasteiger partial charge < -0.3 is 14.5 Å². The van der Waals surface area contributed by atoms with E-state index < -0.39 is 10.0 Å². The molecule has 0 saturated carbocycles. The molecule has 2 aromatic rings. The lowest BCUT2D eigenvalue weighted by Crippen LogP contribution is -2.53. The molecule has 4 rings (SSSR count). The van der Waals surface area contributed by atoms with Crippen LogP contribution in [0.5, 0.6) is 5.75 Å². The number of carbonyl (C=O) groups excluding carboxylic acids is 1. The molecule has 2 amide bonds. The molecular formula is C24H26Cl2N4O4S. The SMILES string of the molecule is CS(=O)(=O)N1CCN(C(=O)N2CC(c3ccc(Cl)c(Cl)c3)[C@H](COc3ccc(C#N)cc3)C2)CC1. The number of sulfonamides is 1. The molecule has 2 atom stereocenters. The van der Waals surface area contributed by atoms with Crippen molar-refractivity contribution in [1.82, 2.24) is 14.1 Å². The fourth-order valence-corrected chi connectivity index (χ4v) is 5.69. The van der Waals surface area contributed by atoms with E-state index in [4.69, 9.17) is 33.2 Å². The van der Waals surface area contributed by atoms with Gasteiger partial charge in [0.25, 0.3) is 0 Å². The number of carbonyl (C=O) groups is 1. The highest BCUT2D eigenvalue weighted by Gasteiger charge is 2.39. The van der Waals surface area contributed by atoms with Gasteiger partial charge in [-0.05, 0) is 42.0 Å². The quantitative estimate of drug-likeness (QED) is 0.581. The van der Waals surface area contributed by atoms with Crippen molar-refractivity contribution in [3.05, 3.63) is 63.6 Å². The first-order valence-corrected chi connectivity index (χ1v) is 13.8. The molecule has 35 heavy (non-hydrogen) atoms. The maximum atomic E-state index is 13.3. The molecule has 0 spiro atoms. The molecule has 0 N–H and O–H groups in total. The van der Waals surface area contributed by atoms with Crippen LogP contribution in [0.1, 0.15) is 17.0 Å². The third-order valence-electron chi connectivity index (χ3n) is 6.51. The second-order valence-corrected chi connectivity index (χ2v) is 11.6. The van der Waals surface area contributed by atoms with Crippen molar-refractivity contribution in [2.75, 3.05) is 52.1 Å². The summed E-state index contributed by atoms with van der Waals surface area (Å²) >= 11 is 12.4. The van der Waals surface area contributed by atoms with E-state index in [1.54, 1.807) is 40.1 Å². The molecule has 186 valence electrons. The van der Waals surface area contributed by atoms with Gasteiger partial charge >= 0.3 is 6.03 Å². The fraction of sp³-hybridized carbons (Fsp3) is 0.417. The second kappa shape index (κ2) is 10.6. The highest BCUT2D eigenvalue weighted by atomic mass is 35.5. The summed E-state index contributed by atoms with van der Waals surface area (Å²) in [5, 5.41) is 9.92. The van der Waals surface area contributed by atoms with Crippen LogP contribution in [-0.2, 0) is 10.0 Å². The largest absolute Gasteiger partial charge is 0.493 e. The van der Waals surface area contributed by atoms with Crippen molar-refractivity contribution in [3.63, 3.8) is 0 Å². The van der Waals surface area contributed by atoms with E-state index in [0.29, 0.717) is 67.2 Å². The highest BCUT2D eigenvalue weighted by molar-refractivity contribution is 7.88. The van der Waals surface area contributed by atoms with Crippen molar-refractivity contribution in [1.29, 1.82) is 5.26 Å². The standard InChI is InChI=1S/C24H26Cl2N4O4S/c1-35(32,33)30-10-8-28(9-11-30)24(31)29-14-19(16-34-20-5-2-17(13-27)3-6-20)21(15-29)18-4-7-22(25)23(26)12-18/h2-7,12,19,21H,8-11,14-16H2,1H3/t19-,21?/m0/s1. The van der Waals surface area contributed by atoms with Gasteiger partial charge in [-0.1, -0.05) is 29.3 Å². The molecule has 2 saturated heterocycles. The molecule has 11 heteroatoms. The summed E-state index contributed by atoms with van der Waals surface area (Å²) in [4.78, 5) is 16.8. The lowest BCUT2D eigenvalue weighted by Gasteiger charge is -2.35. The Morgan fingerprint density at radius 2 is 1.71 bits per heavy atom. The van der Waals surface area contributed by atoms with Gasteiger partial charge in [-0.25, -0.2) is 13.2 Å². The number of urea groups is 1. The summed E-state index contributed by atoms with van der Waals surface area (Å²) < 4.78 is 31.0. The van der Waals surface area contributed by atoms with E-state index in [0.717, 1.165) is 5.56 Å². The molecule has 0 bridgehead atoms. The van der Waals surface area contributed by atoms with Gasteiger partial charge in [-0.15, -0.1) is 0 Å². The van der Waals surface area contributed by atoms with E-state index in [1.807, 2.05) is 12.1 Å². The summed E-state index contributed by atoms with van der Waals surface area (Å²) in [7, 11) is -3.27. The first-order valence-electron chi connectivity index (χ1n) is 11.2. The Bertz CT molecular complexity index is 1230. The third kappa shape index (κ3) is 6.01. The Labute approximate surface area is 215 Å². The Hall–Kier alpha value is -2.51. The first kappa shape index (κ1) is 25.6. The molecular weight excluding hydrogens is 511 g/mol. The summed E-state index contributed by atoms with van der Waals surface area (Å²) in [5.74, 6) is 0.645. The van der Waals surface area contributed by atoms with E-state index in [-0.39, 0.29) is 17.9 Å². The lowest BCUT2D eigenvalue weighted by molar-refractivity contribution is 0.139. The van der Waals surface area contributed by atoms with E-state index in [9.17, 15) is 13.2 Å². The number of amides is 2. The molecule has 0 radical (unpaired) electrons. The molecule has 8 nitrogen and oxygen atoms in total. The van der Waals surface area contributed by atoms with Crippen LogP contribution in [0.25, 0.3) is 0 Å². The van der Waals surface area contributed by atoms with Crippen LogP contribution in [0.15, 0.2) is 42.5 Å². The predicted octanol–water partition coefficient (Wildman–Crippen LogP) is 3.66. The number of likely N-dealkylation sites (tertiary alicyclic amines) is 1. The summed E-state index contributed by atoms with van der Waals surface area (Å²) in [6.07, 6.45) is 1.19. The Morgan fingerprint density at radius 3 is 2.31 bits per heavy atom. The first-order chi connectivity index (χ1) is 16.7. The van der Waals surface area contributed by atoms with E-state index >= 15 is 0 Å². The number of nitrogens with zero attached hydrogens (tertiary/aromatic N) is 4. The van der Waals surface area contributed by atoms with Crippen molar-refractivity contribution in [2.24, 2.45) is 5.92 Å². The summed E-state index contributed by atoms with van der Waals surface area (Å²) in [5.41, 5.74) is 1.53. The molecule has 1 unspecified atom stereocenters. The maximum absolute atomic E-state index is 13.3. The van der Waals surface area contributed by atoms with Gasteiger partial charge in [0, 0.05) is 51.1 Å². The smallest absolute Gasteiger partial charge is 0.320 e. The van der Waals surface area contributed by atoms with E-state index in [1.165, 1.54) is 10.6 Å². The number of piperazine rings is 1. The molecule has 2 heterocycles. The molecule has 2 aliphatic heterocycles. The number of benzene rings is 2. The minimum Gasteiger partial charge on any atom is -0.493 e. The lowest BCUT2D eigenvalue weighted by atomic mass is 9.89. The van der Waals surface area contributed by atoms with Crippen LogP contribution in [-0.4, -0.2) is 80.7 Å². The average Bonchev–Trinajstić information content (AvgIpc) is 3.28. The molecule has 2 aliphatic rings. The zero-order valence-corrected chi connectivity index (χ0v) is 21.6. The van der Waals surface area contributed by atoms with Crippen molar-refractivity contribution >= 4 is 39.3 Å². The topological polar surface area (TPSA) is 94.0 Å². The number of nitriles is 1. The molecule has 0 aliphatic carbocycles. The molecule has 2 aromatic carbocycles. The van der Waals surface area contributed by atoms with Gasteiger partial charge in [0.1, 0.15) is 5.75 Å². The van der Waals surface area contributed by atoms with Crippen molar-refractivity contribution < 1.29 is 17.9 Å². The summed E-state index contributed by atoms with van der Waals surface area (Å²) in [6.45, 7) is 2.65. The van der Waals surface area contributed by atoms with Gasteiger partial charge in [-0.2, -0.15) is 9.57 Å². The average molecular weight is 537 g/mol. The van der Waals surface area contributed by atoms with Gasteiger partial charge in [0.05, 0.1) is 34.5 Å². The monoisotopic (exact) mass is 536 g/mol. The predicted molar refractivity (Wildman–Crippen MR) is 134 cm³/mol. The van der Waals surface area contributed by atoms with Gasteiger partial charge in [-0.3, -0.25) is 0 Å². The van der Waals surface area contributed by atoms with Crippen molar-refractivity contribution in [2.45, 2.75) is 5.92 Å². The zero-order chi connectivity index (χ0) is 25.2. The van der Waals surface area contributed by atoms with Crippen LogP contribution in [0.2, 0.25) is 10.0 Å². The maximum Gasteiger partial charge on any atom is 0.320 e. The van der Waals surface area contributed by atoms with Gasteiger partial charge in [0.15, 0.2) is 0 Å². The molecule has 0 aromatic heterocycles. The van der Waals surface area contributed by atoms with Crippen LogP contribution in [0, 0.1) is 17.2 Å². The fourth-order valence-electron chi connectivity index (χ4n) is 4.56. The summed E-state index contributed by atoms with van der Waals surface area (Å²) in [6, 6.07) is 14.4. The van der Waals surface area contributed by atoms with E-state index in [2.05, 4.69) is 6.07 Å². The van der Waals surface area contributed by atoms with Gasteiger partial charge in [0.2, 0.25) is 10.0 Å². The molecule has 2 fully saturated rings. The van der Waals surface area contributed by atoms with Crippen LogP contribution >= 0.6 is 23.2 Å². The Morgan fingerprint density at radius 1 is 1.03 bits per heavy atom. The normalized spacial score (nSPS) is 21.1.